The normalized spacial score (nSPS) is 13.5. The van der Waals surface area contributed by atoms with Gasteiger partial charge in [-0.2, -0.15) is 0 Å². The summed E-state index contributed by atoms with van der Waals surface area (Å²) < 4.78 is 8.21. The number of thiazole rings is 1. The molecule has 5 rings (SSSR count). The summed E-state index contributed by atoms with van der Waals surface area (Å²) in [4.78, 5) is 34.3. The smallest absolute Gasteiger partial charge is 0.253 e. The summed E-state index contributed by atoms with van der Waals surface area (Å²) in [6.07, 6.45) is 6.66. The van der Waals surface area contributed by atoms with E-state index in [2.05, 4.69) is 16.4 Å². The van der Waals surface area contributed by atoms with Gasteiger partial charge in [-0.3, -0.25) is 14.3 Å². The molecule has 0 aliphatic carbocycles. The maximum Gasteiger partial charge on any atom is 0.253 e. The Balaban J connectivity index is 1.49. The van der Waals surface area contributed by atoms with Crippen molar-refractivity contribution in [2.24, 2.45) is 0 Å². The van der Waals surface area contributed by atoms with Crippen molar-refractivity contribution in [3.05, 3.63) is 65.4 Å². The number of carbonyl (C=O) groups excluding carboxylic acids is 2. The molecule has 4 aromatic rings. The Morgan fingerprint density at radius 2 is 2.00 bits per heavy atom. The van der Waals surface area contributed by atoms with Crippen LogP contribution < -0.4 is 4.74 Å². The zero-order valence-electron chi connectivity index (χ0n) is 21.0. The number of fused-ring (bicyclic) bond motifs is 1. The van der Waals surface area contributed by atoms with Crippen LogP contribution in [0.25, 0.3) is 26.9 Å². The zero-order chi connectivity index (χ0) is 25.9. The van der Waals surface area contributed by atoms with Gasteiger partial charge in [0.25, 0.3) is 5.91 Å². The first kappa shape index (κ1) is 24.6. The maximum absolute atomic E-state index is 12.9. The molecule has 2 aromatic heterocycles. The van der Waals surface area contributed by atoms with Gasteiger partial charge < -0.3 is 14.5 Å². The van der Waals surface area contributed by atoms with Crippen LogP contribution in [0.1, 0.15) is 28.2 Å². The quantitative estimate of drug-likeness (QED) is 0.369. The van der Waals surface area contributed by atoms with Crippen LogP contribution in [0.4, 0.5) is 0 Å². The van der Waals surface area contributed by atoms with E-state index < -0.39 is 0 Å². The highest BCUT2D eigenvalue weighted by Crippen LogP contribution is 2.39. The number of amides is 2. The molecule has 9 nitrogen and oxygen atoms in total. The van der Waals surface area contributed by atoms with Gasteiger partial charge in [0.05, 0.1) is 30.1 Å². The van der Waals surface area contributed by atoms with Gasteiger partial charge in [0.15, 0.2) is 0 Å². The molecule has 0 saturated carbocycles. The Bertz CT molecular complexity index is 1470. The summed E-state index contributed by atoms with van der Waals surface area (Å²) in [5.74, 6) is 0.721. The van der Waals surface area contributed by atoms with Gasteiger partial charge >= 0.3 is 0 Å². The molecule has 0 atom stereocenters. The molecular formula is C27H28N6O3S. The molecule has 37 heavy (non-hydrogen) atoms. The van der Waals surface area contributed by atoms with Crippen molar-refractivity contribution in [1.82, 2.24) is 29.8 Å². The molecular weight excluding hydrogens is 488 g/mol. The standard InChI is InChI=1S/C27H28N6O3S/c1-31(2)27(35)19-15-21(20-8-4-5-9-22(20)36-3)25-23(16-19)37-26(29-25)18-7-6-12-32(17-18)24(34)10-13-33-14-11-28-30-33/h4-5,7-9,11,14-16H,6,10,12-13,17H2,1-3H3. The Labute approximate surface area is 219 Å². The molecule has 0 fully saturated rings. The molecule has 0 bridgehead atoms. The van der Waals surface area contributed by atoms with E-state index in [1.807, 2.05) is 41.3 Å². The van der Waals surface area contributed by atoms with Gasteiger partial charge in [-0.05, 0) is 24.6 Å². The molecule has 10 heteroatoms. The number of nitrogens with zero attached hydrogens (tertiary/aromatic N) is 6. The number of ether oxygens (including phenoxy) is 1. The molecule has 1 aliphatic heterocycles. The van der Waals surface area contributed by atoms with Crippen LogP contribution in [0.5, 0.6) is 5.75 Å². The number of aromatic nitrogens is 4. The van der Waals surface area contributed by atoms with E-state index in [-0.39, 0.29) is 11.8 Å². The zero-order valence-corrected chi connectivity index (χ0v) is 21.9. The van der Waals surface area contributed by atoms with Crippen LogP contribution in [0, 0.1) is 0 Å². The number of methoxy groups -OCH3 is 1. The lowest BCUT2D eigenvalue weighted by atomic mass is 10.00. The van der Waals surface area contributed by atoms with E-state index in [1.54, 1.807) is 54.5 Å². The molecule has 2 aromatic carbocycles. The number of hydrogen-bond acceptors (Lipinski definition) is 7. The molecule has 0 spiro atoms. The highest BCUT2D eigenvalue weighted by atomic mass is 32.1. The predicted octanol–water partition coefficient (Wildman–Crippen LogP) is 3.97. The second-order valence-corrected chi connectivity index (χ2v) is 10.1. The number of benzene rings is 2. The van der Waals surface area contributed by atoms with E-state index in [4.69, 9.17) is 9.72 Å². The van der Waals surface area contributed by atoms with E-state index in [9.17, 15) is 9.59 Å². The van der Waals surface area contributed by atoms with Crippen LogP contribution in [-0.2, 0) is 11.3 Å². The summed E-state index contributed by atoms with van der Waals surface area (Å²) in [5.41, 5.74) is 4.15. The number of hydrogen-bond donors (Lipinski definition) is 0. The first-order chi connectivity index (χ1) is 17.9. The summed E-state index contributed by atoms with van der Waals surface area (Å²) in [6, 6.07) is 11.5. The molecule has 0 N–H and O–H groups in total. The minimum Gasteiger partial charge on any atom is -0.496 e. The van der Waals surface area contributed by atoms with Gasteiger partial charge in [-0.25, -0.2) is 4.98 Å². The Morgan fingerprint density at radius 1 is 1.16 bits per heavy atom. The Kier molecular flexibility index (Phi) is 7.00. The lowest BCUT2D eigenvalue weighted by Gasteiger charge is -2.26. The molecule has 1 aliphatic rings. The van der Waals surface area contributed by atoms with Crippen molar-refractivity contribution >= 4 is 38.9 Å². The molecule has 2 amide bonds. The van der Waals surface area contributed by atoms with Gasteiger partial charge in [0, 0.05) is 62.1 Å². The summed E-state index contributed by atoms with van der Waals surface area (Å²) in [5, 5.41) is 8.58. The van der Waals surface area contributed by atoms with Gasteiger partial charge in [-0.1, -0.05) is 29.5 Å². The third-order valence-corrected chi connectivity index (χ3v) is 7.43. The maximum atomic E-state index is 12.9. The van der Waals surface area contributed by atoms with E-state index >= 15 is 0 Å². The summed E-state index contributed by atoms with van der Waals surface area (Å²) in [7, 11) is 5.13. The van der Waals surface area contributed by atoms with Gasteiger partial charge in [0.1, 0.15) is 10.8 Å². The molecule has 0 radical (unpaired) electrons. The SMILES string of the molecule is COc1ccccc1-c1cc(C(=O)N(C)C)cc2sc(C3=CCCN(C(=O)CCn4ccnn4)C3)nc12. The minimum absolute atomic E-state index is 0.0750. The Morgan fingerprint density at radius 3 is 2.76 bits per heavy atom. The fourth-order valence-electron chi connectivity index (χ4n) is 4.45. The molecule has 0 unspecified atom stereocenters. The molecule has 0 saturated heterocycles. The van der Waals surface area contributed by atoms with Crippen molar-refractivity contribution in [3.63, 3.8) is 0 Å². The first-order valence-electron chi connectivity index (χ1n) is 12.1. The predicted molar refractivity (Wildman–Crippen MR) is 143 cm³/mol. The first-order valence-corrected chi connectivity index (χ1v) is 12.9. The van der Waals surface area contributed by atoms with Crippen LogP contribution in [0.15, 0.2) is 54.9 Å². The fraction of sp³-hybridized carbons (Fsp3) is 0.296. The second-order valence-electron chi connectivity index (χ2n) is 9.04. The topological polar surface area (TPSA) is 93.5 Å². The number of para-hydroxylation sites is 1. The van der Waals surface area contributed by atoms with Crippen LogP contribution in [0.3, 0.4) is 0 Å². The number of aryl methyl sites for hydroxylation is 1. The van der Waals surface area contributed by atoms with E-state index in [0.29, 0.717) is 37.4 Å². The van der Waals surface area contributed by atoms with Gasteiger partial charge in [0.2, 0.25) is 5.91 Å². The van der Waals surface area contributed by atoms with E-state index in [0.717, 1.165) is 38.3 Å². The van der Waals surface area contributed by atoms with Crippen LogP contribution >= 0.6 is 11.3 Å². The lowest BCUT2D eigenvalue weighted by Crippen LogP contribution is -2.35. The van der Waals surface area contributed by atoms with Gasteiger partial charge in [-0.15, -0.1) is 16.4 Å². The van der Waals surface area contributed by atoms with Crippen molar-refractivity contribution in [3.8, 4) is 16.9 Å². The number of carbonyl (C=O) groups is 2. The van der Waals surface area contributed by atoms with Crippen LogP contribution in [0.2, 0.25) is 0 Å². The van der Waals surface area contributed by atoms with E-state index in [1.165, 1.54) is 0 Å². The Hall–Kier alpha value is -4.05. The summed E-state index contributed by atoms with van der Waals surface area (Å²) in [6.45, 7) is 1.68. The van der Waals surface area contributed by atoms with Crippen molar-refractivity contribution in [1.29, 1.82) is 0 Å². The lowest BCUT2D eigenvalue weighted by molar-refractivity contribution is -0.131. The van der Waals surface area contributed by atoms with Crippen molar-refractivity contribution < 1.29 is 14.3 Å². The van der Waals surface area contributed by atoms with Crippen molar-refractivity contribution in [2.45, 2.75) is 19.4 Å². The highest BCUT2D eigenvalue weighted by Gasteiger charge is 2.23. The third kappa shape index (κ3) is 5.10. The van der Waals surface area contributed by atoms with Crippen LogP contribution in [-0.4, -0.2) is 75.9 Å². The average Bonchev–Trinajstić information content (AvgIpc) is 3.61. The fourth-order valence-corrected chi connectivity index (χ4v) is 5.52. The average molecular weight is 517 g/mol. The second kappa shape index (κ2) is 10.5. The largest absolute Gasteiger partial charge is 0.496 e. The molecule has 190 valence electrons. The van der Waals surface area contributed by atoms with Crippen molar-refractivity contribution in [2.75, 3.05) is 34.3 Å². The minimum atomic E-state index is -0.0750. The highest BCUT2D eigenvalue weighted by molar-refractivity contribution is 7.19. The molecule has 3 heterocycles. The summed E-state index contributed by atoms with van der Waals surface area (Å²) >= 11 is 1.54. The monoisotopic (exact) mass is 516 g/mol. The third-order valence-electron chi connectivity index (χ3n) is 6.35. The number of rotatable bonds is 7.